The molecule has 116 valence electrons. The summed E-state index contributed by atoms with van der Waals surface area (Å²) in [6.07, 6.45) is 2.14. The van der Waals surface area contributed by atoms with Crippen LogP contribution in [0.2, 0.25) is 0 Å². The molecule has 1 aromatic carbocycles. The maximum atomic E-state index is 12.3. The van der Waals surface area contributed by atoms with E-state index >= 15 is 0 Å². The van der Waals surface area contributed by atoms with E-state index in [1.807, 2.05) is 6.07 Å². The third kappa shape index (κ3) is 2.42. The molecule has 1 unspecified atom stereocenters. The van der Waals surface area contributed by atoms with Gasteiger partial charge in [0.25, 0.3) is 11.5 Å². The van der Waals surface area contributed by atoms with Gasteiger partial charge in [-0.2, -0.15) is 0 Å². The van der Waals surface area contributed by atoms with Crippen molar-refractivity contribution in [1.29, 1.82) is 0 Å². The second-order valence-corrected chi connectivity index (χ2v) is 5.76. The van der Waals surface area contributed by atoms with E-state index in [-0.39, 0.29) is 17.9 Å². The first-order valence-corrected chi connectivity index (χ1v) is 7.74. The van der Waals surface area contributed by atoms with Gasteiger partial charge in [0.2, 0.25) is 6.10 Å². The molecule has 2 aromatic heterocycles. The first-order chi connectivity index (χ1) is 11.2. The molecule has 1 aliphatic heterocycles. The Morgan fingerprint density at radius 1 is 1.35 bits per heavy atom. The topological polar surface area (TPSA) is 81.9 Å². The summed E-state index contributed by atoms with van der Waals surface area (Å²) in [6.45, 7) is 0.0817. The van der Waals surface area contributed by atoms with Gasteiger partial charge in [-0.1, -0.05) is 12.1 Å². The van der Waals surface area contributed by atoms with Crippen molar-refractivity contribution in [3.63, 3.8) is 0 Å². The van der Waals surface area contributed by atoms with E-state index in [1.165, 1.54) is 21.9 Å². The molecule has 0 bridgehead atoms. The molecule has 0 fully saturated rings. The molecule has 1 atom stereocenters. The number of fused-ring (bicyclic) bond motifs is 2. The van der Waals surface area contributed by atoms with Crippen molar-refractivity contribution in [1.82, 2.24) is 9.38 Å². The fraction of sp³-hybridized carbons (Fsp3) is 0.133. The lowest BCUT2D eigenvalue weighted by atomic mass is 10.2. The summed E-state index contributed by atoms with van der Waals surface area (Å²) in [6, 6.07) is 7.11. The standard InChI is InChI=1S/C15H11N3O4S/c19-13(12-8-21-10-3-1-2-4-11(10)22-12)17-9-7-16-15-18(14(9)20)5-6-23-15/h1-7,12H,8H2,(H,17,19). The first-order valence-electron chi connectivity index (χ1n) is 6.86. The van der Waals surface area contributed by atoms with Crippen molar-refractivity contribution in [3.8, 4) is 11.5 Å². The molecule has 0 spiro atoms. The fourth-order valence-corrected chi connectivity index (χ4v) is 2.95. The maximum absolute atomic E-state index is 12.3. The lowest BCUT2D eigenvalue weighted by Crippen LogP contribution is -2.41. The fourth-order valence-electron chi connectivity index (χ4n) is 2.27. The van der Waals surface area contributed by atoms with Gasteiger partial charge in [0.05, 0.1) is 6.20 Å². The molecule has 3 aromatic rings. The number of para-hydroxylation sites is 2. The molecule has 3 heterocycles. The number of nitrogens with zero attached hydrogens (tertiary/aromatic N) is 2. The summed E-state index contributed by atoms with van der Waals surface area (Å²) < 4.78 is 12.5. The Kier molecular flexibility index (Phi) is 3.23. The Morgan fingerprint density at radius 3 is 3.04 bits per heavy atom. The number of hydrogen-bond acceptors (Lipinski definition) is 6. The zero-order valence-corrected chi connectivity index (χ0v) is 12.6. The van der Waals surface area contributed by atoms with E-state index in [1.54, 1.807) is 29.8 Å². The van der Waals surface area contributed by atoms with Crippen LogP contribution in [0.3, 0.4) is 0 Å². The number of anilines is 1. The van der Waals surface area contributed by atoms with Crippen LogP contribution in [0.5, 0.6) is 11.5 Å². The second kappa shape index (κ2) is 5.40. The van der Waals surface area contributed by atoms with Crippen LogP contribution in [-0.4, -0.2) is 28.0 Å². The Labute approximate surface area is 134 Å². The largest absolute Gasteiger partial charge is 0.485 e. The summed E-state index contributed by atoms with van der Waals surface area (Å²) in [4.78, 5) is 29.3. The Morgan fingerprint density at radius 2 is 2.17 bits per heavy atom. The number of carbonyl (C=O) groups excluding carboxylic acids is 1. The van der Waals surface area contributed by atoms with Gasteiger partial charge in [0, 0.05) is 11.6 Å². The monoisotopic (exact) mass is 329 g/mol. The SMILES string of the molecule is O=C(Nc1cnc2sccn2c1=O)C1COc2ccccc2O1. The number of thiazole rings is 1. The van der Waals surface area contributed by atoms with Gasteiger partial charge in [0.1, 0.15) is 12.3 Å². The van der Waals surface area contributed by atoms with Gasteiger partial charge >= 0.3 is 0 Å². The van der Waals surface area contributed by atoms with Gasteiger partial charge in [-0.25, -0.2) is 4.98 Å². The zero-order valence-electron chi connectivity index (χ0n) is 11.8. The van der Waals surface area contributed by atoms with E-state index in [9.17, 15) is 9.59 Å². The number of hydrogen-bond donors (Lipinski definition) is 1. The van der Waals surface area contributed by atoms with E-state index < -0.39 is 12.0 Å². The van der Waals surface area contributed by atoms with Crippen molar-refractivity contribution in [3.05, 3.63) is 52.4 Å². The summed E-state index contributed by atoms with van der Waals surface area (Å²) in [5.41, 5.74) is -0.227. The van der Waals surface area contributed by atoms with Crippen LogP contribution >= 0.6 is 11.3 Å². The Hall–Kier alpha value is -2.87. The molecular weight excluding hydrogens is 318 g/mol. The highest BCUT2D eigenvalue weighted by molar-refractivity contribution is 7.15. The maximum Gasteiger partial charge on any atom is 0.282 e. The minimum absolute atomic E-state index is 0.0817. The summed E-state index contributed by atoms with van der Waals surface area (Å²) in [5, 5.41) is 4.31. The van der Waals surface area contributed by atoms with Gasteiger partial charge in [0.15, 0.2) is 16.5 Å². The highest BCUT2D eigenvalue weighted by Gasteiger charge is 2.28. The van der Waals surface area contributed by atoms with E-state index in [4.69, 9.17) is 9.47 Å². The summed E-state index contributed by atoms with van der Waals surface area (Å²) in [7, 11) is 0. The Bertz CT molecular complexity index is 949. The molecule has 0 saturated carbocycles. The zero-order chi connectivity index (χ0) is 15.8. The molecule has 1 N–H and O–H groups in total. The lowest BCUT2D eigenvalue weighted by Gasteiger charge is -2.25. The molecular formula is C15H11N3O4S. The summed E-state index contributed by atoms with van der Waals surface area (Å²) in [5.74, 6) is 0.647. The van der Waals surface area contributed by atoms with Crippen LogP contribution in [0.25, 0.3) is 4.96 Å². The van der Waals surface area contributed by atoms with Crippen LogP contribution in [0.4, 0.5) is 5.69 Å². The highest BCUT2D eigenvalue weighted by Crippen LogP contribution is 2.31. The van der Waals surface area contributed by atoms with Crippen molar-refractivity contribution >= 4 is 27.9 Å². The quantitative estimate of drug-likeness (QED) is 0.771. The molecule has 1 amide bonds. The van der Waals surface area contributed by atoms with Crippen molar-refractivity contribution in [2.45, 2.75) is 6.10 Å². The predicted molar refractivity (Wildman–Crippen MR) is 84.3 cm³/mol. The van der Waals surface area contributed by atoms with Gasteiger partial charge in [-0.05, 0) is 12.1 Å². The number of benzene rings is 1. The van der Waals surface area contributed by atoms with Crippen molar-refractivity contribution in [2.24, 2.45) is 0 Å². The molecule has 0 aliphatic carbocycles. The first kappa shape index (κ1) is 13.8. The van der Waals surface area contributed by atoms with E-state index in [2.05, 4.69) is 10.3 Å². The third-order valence-corrected chi connectivity index (χ3v) is 4.17. The highest BCUT2D eigenvalue weighted by atomic mass is 32.1. The van der Waals surface area contributed by atoms with Crippen LogP contribution in [-0.2, 0) is 4.79 Å². The molecule has 4 rings (SSSR count). The van der Waals surface area contributed by atoms with Crippen molar-refractivity contribution < 1.29 is 14.3 Å². The van der Waals surface area contributed by atoms with Crippen LogP contribution in [0.1, 0.15) is 0 Å². The predicted octanol–water partition coefficient (Wildman–Crippen LogP) is 1.53. The minimum atomic E-state index is -0.826. The molecule has 7 nitrogen and oxygen atoms in total. The molecule has 0 saturated heterocycles. The van der Waals surface area contributed by atoms with Gasteiger partial charge in [-0.15, -0.1) is 11.3 Å². The lowest BCUT2D eigenvalue weighted by molar-refractivity contribution is -0.125. The van der Waals surface area contributed by atoms with E-state index in [0.717, 1.165) is 0 Å². The normalized spacial score (nSPS) is 16.3. The van der Waals surface area contributed by atoms with Crippen LogP contribution in [0.15, 0.2) is 46.8 Å². The number of amides is 1. The van der Waals surface area contributed by atoms with Gasteiger partial charge in [-0.3, -0.25) is 14.0 Å². The Balaban J connectivity index is 1.56. The number of aromatic nitrogens is 2. The molecule has 1 aliphatic rings. The number of carbonyl (C=O) groups is 1. The molecule has 23 heavy (non-hydrogen) atoms. The molecule has 8 heteroatoms. The second-order valence-electron chi connectivity index (χ2n) is 4.89. The number of ether oxygens (including phenoxy) is 2. The van der Waals surface area contributed by atoms with Crippen LogP contribution < -0.4 is 20.3 Å². The number of nitrogens with one attached hydrogen (secondary N) is 1. The average molecular weight is 329 g/mol. The van der Waals surface area contributed by atoms with Crippen molar-refractivity contribution in [2.75, 3.05) is 11.9 Å². The van der Waals surface area contributed by atoms with Crippen LogP contribution in [0, 0.1) is 0 Å². The van der Waals surface area contributed by atoms with E-state index in [0.29, 0.717) is 16.5 Å². The summed E-state index contributed by atoms with van der Waals surface area (Å²) >= 11 is 1.34. The number of rotatable bonds is 2. The van der Waals surface area contributed by atoms with Gasteiger partial charge < -0.3 is 14.8 Å². The molecule has 0 radical (unpaired) electrons. The smallest absolute Gasteiger partial charge is 0.282 e. The average Bonchev–Trinajstić information content (AvgIpc) is 3.06. The third-order valence-electron chi connectivity index (χ3n) is 3.40. The minimum Gasteiger partial charge on any atom is -0.485 e.